The SMILES string of the molecule is CC(=O)Nc1ccc(N2C(=O)CC(N(Cc3ccccc3Cl)C(=O)c3cccs3)C2=O)cc1. The molecule has 3 aromatic rings. The van der Waals surface area contributed by atoms with Gasteiger partial charge in [-0.25, -0.2) is 4.90 Å². The summed E-state index contributed by atoms with van der Waals surface area (Å²) >= 11 is 7.59. The molecular formula is C24H20ClN3O4S. The number of hydrogen-bond acceptors (Lipinski definition) is 5. The minimum absolute atomic E-state index is 0.0927. The Morgan fingerprint density at radius 1 is 1.09 bits per heavy atom. The van der Waals surface area contributed by atoms with Gasteiger partial charge in [0.25, 0.3) is 11.8 Å². The summed E-state index contributed by atoms with van der Waals surface area (Å²) in [5.41, 5.74) is 1.61. The number of imide groups is 1. The van der Waals surface area contributed by atoms with Gasteiger partial charge in [0.2, 0.25) is 11.8 Å². The maximum Gasteiger partial charge on any atom is 0.264 e. The van der Waals surface area contributed by atoms with Crippen LogP contribution < -0.4 is 10.2 Å². The van der Waals surface area contributed by atoms with E-state index in [0.717, 1.165) is 4.90 Å². The van der Waals surface area contributed by atoms with E-state index in [1.165, 1.54) is 23.2 Å². The summed E-state index contributed by atoms with van der Waals surface area (Å²) in [4.78, 5) is 53.8. The van der Waals surface area contributed by atoms with E-state index in [1.54, 1.807) is 66.0 Å². The number of carbonyl (C=O) groups excluding carboxylic acids is 4. The van der Waals surface area contributed by atoms with Crippen LogP contribution in [0.3, 0.4) is 0 Å². The number of rotatable bonds is 6. The van der Waals surface area contributed by atoms with Crippen molar-refractivity contribution >= 4 is 57.9 Å². The summed E-state index contributed by atoms with van der Waals surface area (Å²) in [6.07, 6.45) is -0.131. The first-order chi connectivity index (χ1) is 15.8. The van der Waals surface area contributed by atoms with Crippen molar-refractivity contribution in [2.75, 3.05) is 10.2 Å². The van der Waals surface area contributed by atoms with Gasteiger partial charge in [-0.1, -0.05) is 35.9 Å². The van der Waals surface area contributed by atoms with E-state index in [9.17, 15) is 19.2 Å². The molecule has 2 heterocycles. The van der Waals surface area contributed by atoms with Crippen LogP contribution in [0.1, 0.15) is 28.6 Å². The Morgan fingerprint density at radius 3 is 2.45 bits per heavy atom. The van der Waals surface area contributed by atoms with E-state index in [-0.39, 0.29) is 24.8 Å². The summed E-state index contributed by atoms with van der Waals surface area (Å²) in [7, 11) is 0. The van der Waals surface area contributed by atoms with Gasteiger partial charge in [-0.2, -0.15) is 0 Å². The summed E-state index contributed by atoms with van der Waals surface area (Å²) in [6, 6.07) is 16.0. The van der Waals surface area contributed by atoms with Gasteiger partial charge in [-0.3, -0.25) is 19.2 Å². The monoisotopic (exact) mass is 481 g/mol. The Morgan fingerprint density at radius 2 is 1.82 bits per heavy atom. The number of anilines is 2. The molecule has 0 bridgehead atoms. The number of amides is 4. The highest BCUT2D eigenvalue weighted by Gasteiger charge is 2.44. The minimum Gasteiger partial charge on any atom is -0.326 e. The fourth-order valence-corrected chi connectivity index (χ4v) is 4.58. The molecule has 1 aliphatic rings. The molecule has 33 heavy (non-hydrogen) atoms. The first-order valence-corrected chi connectivity index (χ1v) is 11.4. The molecule has 9 heteroatoms. The fraction of sp³-hybridized carbons (Fsp3) is 0.167. The molecule has 1 aliphatic heterocycles. The van der Waals surface area contributed by atoms with Crippen molar-refractivity contribution in [2.24, 2.45) is 0 Å². The summed E-state index contributed by atoms with van der Waals surface area (Å²) in [5, 5.41) is 4.90. The molecule has 7 nitrogen and oxygen atoms in total. The van der Waals surface area contributed by atoms with E-state index in [2.05, 4.69) is 5.32 Å². The second-order valence-corrected chi connectivity index (χ2v) is 8.87. The fourth-order valence-electron chi connectivity index (χ4n) is 3.70. The zero-order chi connectivity index (χ0) is 23.5. The van der Waals surface area contributed by atoms with Crippen molar-refractivity contribution in [1.82, 2.24) is 4.90 Å². The number of halogens is 1. The molecule has 1 atom stereocenters. The topological polar surface area (TPSA) is 86.8 Å². The molecule has 0 aliphatic carbocycles. The quantitative estimate of drug-likeness (QED) is 0.531. The molecule has 1 aromatic heterocycles. The number of hydrogen-bond donors (Lipinski definition) is 1. The molecule has 1 N–H and O–H groups in total. The predicted octanol–water partition coefficient (Wildman–Crippen LogP) is 4.33. The van der Waals surface area contributed by atoms with E-state index in [4.69, 9.17) is 11.6 Å². The van der Waals surface area contributed by atoms with E-state index < -0.39 is 17.9 Å². The highest BCUT2D eigenvalue weighted by molar-refractivity contribution is 7.12. The molecule has 1 fully saturated rings. The number of thiophene rings is 1. The molecule has 1 unspecified atom stereocenters. The van der Waals surface area contributed by atoms with Crippen LogP contribution in [0.4, 0.5) is 11.4 Å². The lowest BCUT2D eigenvalue weighted by Crippen LogP contribution is -2.45. The van der Waals surface area contributed by atoms with Gasteiger partial charge in [0, 0.05) is 24.2 Å². The minimum atomic E-state index is -0.960. The lowest BCUT2D eigenvalue weighted by Gasteiger charge is -2.27. The normalized spacial score (nSPS) is 15.6. The molecule has 4 rings (SSSR count). The van der Waals surface area contributed by atoms with Crippen LogP contribution in [0.25, 0.3) is 0 Å². The first-order valence-electron chi connectivity index (χ1n) is 10.2. The van der Waals surface area contributed by atoms with Crippen LogP contribution in [0.5, 0.6) is 0 Å². The van der Waals surface area contributed by atoms with Crippen LogP contribution in [-0.2, 0) is 20.9 Å². The summed E-state index contributed by atoms with van der Waals surface area (Å²) in [6.45, 7) is 1.49. The predicted molar refractivity (Wildman–Crippen MR) is 127 cm³/mol. The zero-order valence-corrected chi connectivity index (χ0v) is 19.2. The Balaban J connectivity index is 1.64. The molecule has 0 spiro atoms. The van der Waals surface area contributed by atoms with E-state index in [1.807, 2.05) is 0 Å². The highest BCUT2D eigenvalue weighted by atomic mass is 35.5. The highest BCUT2D eigenvalue weighted by Crippen LogP contribution is 2.30. The van der Waals surface area contributed by atoms with Crippen molar-refractivity contribution in [3.05, 3.63) is 81.5 Å². The summed E-state index contributed by atoms with van der Waals surface area (Å²) < 4.78 is 0. The number of nitrogens with one attached hydrogen (secondary N) is 1. The first kappa shape index (κ1) is 22.7. The molecular weight excluding hydrogens is 462 g/mol. The lowest BCUT2D eigenvalue weighted by atomic mass is 10.1. The third-order valence-electron chi connectivity index (χ3n) is 5.24. The zero-order valence-electron chi connectivity index (χ0n) is 17.7. The van der Waals surface area contributed by atoms with Crippen LogP contribution >= 0.6 is 22.9 Å². The van der Waals surface area contributed by atoms with Gasteiger partial charge >= 0.3 is 0 Å². The molecule has 0 saturated carbocycles. The Labute approximate surface area is 199 Å². The third-order valence-corrected chi connectivity index (χ3v) is 6.46. The Kier molecular flexibility index (Phi) is 6.57. The van der Waals surface area contributed by atoms with Gasteiger partial charge < -0.3 is 10.2 Å². The van der Waals surface area contributed by atoms with Gasteiger partial charge in [0.15, 0.2) is 0 Å². The van der Waals surface area contributed by atoms with Gasteiger partial charge in [-0.15, -0.1) is 11.3 Å². The average Bonchev–Trinajstić information content (AvgIpc) is 3.42. The maximum atomic E-state index is 13.4. The second kappa shape index (κ2) is 9.56. The van der Waals surface area contributed by atoms with Crippen molar-refractivity contribution < 1.29 is 19.2 Å². The van der Waals surface area contributed by atoms with Gasteiger partial charge in [-0.05, 0) is 47.3 Å². The van der Waals surface area contributed by atoms with Crippen LogP contribution in [0.2, 0.25) is 5.02 Å². The molecule has 0 radical (unpaired) electrons. The lowest BCUT2D eigenvalue weighted by molar-refractivity contribution is -0.122. The molecule has 168 valence electrons. The van der Waals surface area contributed by atoms with Crippen LogP contribution in [-0.4, -0.2) is 34.6 Å². The summed E-state index contributed by atoms with van der Waals surface area (Å²) in [5.74, 6) is -1.44. The molecule has 4 amide bonds. The van der Waals surface area contributed by atoms with Crippen molar-refractivity contribution in [3.8, 4) is 0 Å². The Bertz CT molecular complexity index is 1210. The molecule has 1 saturated heterocycles. The number of benzene rings is 2. The van der Waals surface area contributed by atoms with Crippen molar-refractivity contribution in [1.29, 1.82) is 0 Å². The smallest absolute Gasteiger partial charge is 0.264 e. The average molecular weight is 482 g/mol. The second-order valence-electron chi connectivity index (χ2n) is 7.52. The van der Waals surface area contributed by atoms with Crippen LogP contribution in [0, 0.1) is 0 Å². The van der Waals surface area contributed by atoms with Crippen molar-refractivity contribution in [3.63, 3.8) is 0 Å². The van der Waals surface area contributed by atoms with Crippen LogP contribution in [0.15, 0.2) is 66.0 Å². The third kappa shape index (κ3) is 4.81. The number of nitrogens with zero attached hydrogens (tertiary/aromatic N) is 2. The maximum absolute atomic E-state index is 13.4. The largest absolute Gasteiger partial charge is 0.326 e. The standard InChI is InChI=1S/C24H20ClN3O4S/c1-15(29)26-17-8-10-18(11-9-17)28-22(30)13-20(23(28)31)27(24(32)21-7-4-12-33-21)14-16-5-2-3-6-19(16)25/h2-12,20H,13-14H2,1H3,(H,26,29). The molecule has 2 aromatic carbocycles. The van der Waals surface area contributed by atoms with E-state index in [0.29, 0.717) is 26.8 Å². The van der Waals surface area contributed by atoms with Gasteiger partial charge in [0.05, 0.1) is 17.0 Å². The van der Waals surface area contributed by atoms with E-state index >= 15 is 0 Å². The number of carbonyl (C=O) groups is 4. The van der Waals surface area contributed by atoms with Gasteiger partial charge in [0.1, 0.15) is 6.04 Å². The Hall–Kier alpha value is -3.49. The van der Waals surface area contributed by atoms with Crippen molar-refractivity contribution in [2.45, 2.75) is 25.9 Å².